The van der Waals surface area contributed by atoms with Gasteiger partial charge in [-0.15, -0.1) is 0 Å². The maximum absolute atomic E-state index is 12.4. The van der Waals surface area contributed by atoms with Crippen molar-refractivity contribution in [2.75, 3.05) is 29.0 Å². The number of hydrogen-bond donors (Lipinski definition) is 2. The minimum Gasteiger partial charge on any atom is -0.378 e. The summed E-state index contributed by atoms with van der Waals surface area (Å²) in [7, 11) is 4.04. The summed E-state index contributed by atoms with van der Waals surface area (Å²) in [5, 5.41) is 3.77. The molecule has 28 heavy (non-hydrogen) atoms. The first kappa shape index (κ1) is 17.7. The standard InChI is InChI=1S/C22H23N5O/c1-25(2)18-15-13-17(14-16-18)21-26(19-9-5-3-6-10-19)23-22(28)24-27(21)20-11-7-4-8-12-20/h3-16,21H,1-2H3,(H2,23,24,28). The van der Waals surface area contributed by atoms with Crippen LogP contribution < -0.4 is 25.8 Å². The van der Waals surface area contributed by atoms with E-state index in [-0.39, 0.29) is 12.2 Å². The number of carbonyl (C=O) groups is 1. The third-order valence-electron chi connectivity index (χ3n) is 4.71. The van der Waals surface area contributed by atoms with Crippen LogP contribution >= 0.6 is 0 Å². The zero-order valence-corrected chi connectivity index (χ0v) is 15.9. The SMILES string of the molecule is CN(C)c1ccc(C2N(c3ccccc3)NC(=O)NN2c2ccccc2)cc1. The van der Waals surface area contributed by atoms with Crippen molar-refractivity contribution in [2.45, 2.75) is 6.17 Å². The van der Waals surface area contributed by atoms with Crippen molar-refractivity contribution in [3.63, 3.8) is 0 Å². The average Bonchev–Trinajstić information content (AvgIpc) is 2.74. The van der Waals surface area contributed by atoms with Crippen molar-refractivity contribution < 1.29 is 4.79 Å². The van der Waals surface area contributed by atoms with Gasteiger partial charge in [-0.3, -0.25) is 10.0 Å². The Morgan fingerprint density at radius 2 is 1.18 bits per heavy atom. The van der Waals surface area contributed by atoms with E-state index in [4.69, 9.17) is 0 Å². The highest BCUT2D eigenvalue weighted by Gasteiger charge is 2.34. The lowest BCUT2D eigenvalue weighted by atomic mass is 10.1. The zero-order chi connectivity index (χ0) is 19.5. The summed E-state index contributed by atoms with van der Waals surface area (Å²) in [6.45, 7) is 0. The molecule has 1 heterocycles. The Morgan fingerprint density at radius 1 is 0.714 bits per heavy atom. The molecule has 0 bridgehead atoms. The Balaban J connectivity index is 1.81. The number of nitrogens with one attached hydrogen (secondary N) is 2. The van der Waals surface area contributed by atoms with E-state index in [0.717, 1.165) is 22.6 Å². The summed E-state index contributed by atoms with van der Waals surface area (Å²) in [5.74, 6) is 0. The molecule has 6 nitrogen and oxygen atoms in total. The predicted molar refractivity (Wildman–Crippen MR) is 113 cm³/mol. The average molecular weight is 373 g/mol. The molecule has 2 N–H and O–H groups in total. The molecule has 2 amide bonds. The molecule has 1 fully saturated rings. The number of hydrogen-bond acceptors (Lipinski definition) is 4. The molecule has 0 radical (unpaired) electrons. The first-order valence-electron chi connectivity index (χ1n) is 9.16. The molecule has 0 atom stereocenters. The van der Waals surface area contributed by atoms with Crippen LogP contribution in [0.15, 0.2) is 84.9 Å². The number of anilines is 3. The topological polar surface area (TPSA) is 50.9 Å². The smallest absolute Gasteiger partial charge is 0.352 e. The number of rotatable bonds is 4. The largest absolute Gasteiger partial charge is 0.378 e. The number of urea groups is 1. The van der Waals surface area contributed by atoms with Crippen LogP contribution in [0.3, 0.4) is 0 Å². The number of para-hydroxylation sites is 2. The number of carbonyl (C=O) groups excluding carboxylic acids is 1. The monoisotopic (exact) mass is 373 g/mol. The lowest BCUT2D eigenvalue weighted by Crippen LogP contribution is -2.65. The molecule has 0 aromatic heterocycles. The Morgan fingerprint density at radius 3 is 1.61 bits per heavy atom. The molecule has 0 saturated carbocycles. The molecule has 4 rings (SSSR count). The van der Waals surface area contributed by atoms with Crippen molar-refractivity contribution in [3.05, 3.63) is 90.5 Å². The molecule has 0 unspecified atom stereocenters. The fraction of sp³-hybridized carbons (Fsp3) is 0.136. The maximum Gasteiger partial charge on any atom is 0.352 e. The molecule has 142 valence electrons. The Bertz CT molecular complexity index is 877. The van der Waals surface area contributed by atoms with Gasteiger partial charge < -0.3 is 4.90 Å². The third kappa shape index (κ3) is 3.44. The highest BCUT2D eigenvalue weighted by atomic mass is 16.2. The second kappa shape index (κ2) is 7.52. The third-order valence-corrected chi connectivity index (χ3v) is 4.71. The van der Waals surface area contributed by atoms with E-state index >= 15 is 0 Å². The first-order valence-corrected chi connectivity index (χ1v) is 9.16. The van der Waals surface area contributed by atoms with Crippen LogP contribution in [0.5, 0.6) is 0 Å². The van der Waals surface area contributed by atoms with Crippen molar-refractivity contribution in [1.82, 2.24) is 10.9 Å². The highest BCUT2D eigenvalue weighted by Crippen LogP contribution is 2.33. The second-order valence-electron chi connectivity index (χ2n) is 6.82. The Hall–Kier alpha value is -3.67. The van der Waals surface area contributed by atoms with Crippen molar-refractivity contribution in [2.24, 2.45) is 0 Å². The molecule has 0 aliphatic carbocycles. The summed E-state index contributed by atoms with van der Waals surface area (Å²) in [6.07, 6.45) is -0.265. The van der Waals surface area contributed by atoms with Gasteiger partial charge in [-0.2, -0.15) is 0 Å². The summed E-state index contributed by atoms with van der Waals surface area (Å²) in [4.78, 5) is 14.5. The Kier molecular flexibility index (Phi) is 4.76. The molecule has 1 aliphatic heterocycles. The summed E-state index contributed by atoms with van der Waals surface area (Å²) < 4.78 is 0. The predicted octanol–water partition coefficient (Wildman–Crippen LogP) is 3.91. The van der Waals surface area contributed by atoms with E-state index in [9.17, 15) is 4.79 Å². The molecule has 1 saturated heterocycles. The van der Waals surface area contributed by atoms with Gasteiger partial charge in [-0.05, 0) is 42.0 Å². The van der Waals surface area contributed by atoms with Gasteiger partial charge in [-0.25, -0.2) is 15.6 Å². The molecule has 0 spiro atoms. The van der Waals surface area contributed by atoms with E-state index in [1.54, 1.807) is 0 Å². The lowest BCUT2D eigenvalue weighted by Gasteiger charge is -2.45. The number of hydrazine groups is 2. The molecule has 3 aromatic rings. The van der Waals surface area contributed by atoms with Crippen molar-refractivity contribution in [3.8, 4) is 0 Å². The quantitative estimate of drug-likeness (QED) is 0.728. The molecule has 3 aromatic carbocycles. The zero-order valence-electron chi connectivity index (χ0n) is 15.9. The first-order chi connectivity index (χ1) is 13.6. The van der Waals surface area contributed by atoms with E-state index < -0.39 is 0 Å². The van der Waals surface area contributed by atoms with Crippen LogP contribution in [-0.4, -0.2) is 20.1 Å². The highest BCUT2D eigenvalue weighted by molar-refractivity contribution is 5.81. The van der Waals surface area contributed by atoms with Crippen LogP contribution in [0.1, 0.15) is 11.7 Å². The van der Waals surface area contributed by atoms with Gasteiger partial charge in [0, 0.05) is 19.8 Å². The minimum absolute atomic E-state index is 0.265. The van der Waals surface area contributed by atoms with Gasteiger partial charge in [-0.1, -0.05) is 48.5 Å². The summed E-state index contributed by atoms with van der Waals surface area (Å²) >= 11 is 0. The van der Waals surface area contributed by atoms with E-state index in [1.165, 1.54) is 0 Å². The van der Waals surface area contributed by atoms with Crippen LogP contribution in [-0.2, 0) is 0 Å². The maximum atomic E-state index is 12.4. The van der Waals surface area contributed by atoms with Crippen LogP contribution in [0.2, 0.25) is 0 Å². The van der Waals surface area contributed by atoms with Crippen molar-refractivity contribution in [1.29, 1.82) is 0 Å². The van der Waals surface area contributed by atoms with Gasteiger partial charge in [0.05, 0.1) is 11.4 Å². The lowest BCUT2D eigenvalue weighted by molar-refractivity contribution is 0.227. The van der Waals surface area contributed by atoms with Gasteiger partial charge in [0.25, 0.3) is 0 Å². The normalized spacial score (nSPS) is 14.4. The molecule has 1 aliphatic rings. The summed E-state index contributed by atoms with van der Waals surface area (Å²) in [5.41, 5.74) is 9.87. The second-order valence-corrected chi connectivity index (χ2v) is 6.82. The Labute approximate surface area is 164 Å². The van der Waals surface area contributed by atoms with E-state index in [0.29, 0.717) is 0 Å². The molecular weight excluding hydrogens is 350 g/mol. The number of nitrogens with zero attached hydrogens (tertiary/aromatic N) is 3. The van der Waals surface area contributed by atoms with E-state index in [1.807, 2.05) is 84.8 Å². The summed E-state index contributed by atoms with van der Waals surface area (Å²) in [6, 6.07) is 27.8. The fourth-order valence-electron chi connectivity index (χ4n) is 3.31. The van der Waals surface area contributed by atoms with Crippen molar-refractivity contribution >= 4 is 23.1 Å². The van der Waals surface area contributed by atoms with Crippen LogP contribution in [0.25, 0.3) is 0 Å². The van der Waals surface area contributed by atoms with Gasteiger partial charge in [0.2, 0.25) is 0 Å². The van der Waals surface area contributed by atoms with Crippen LogP contribution in [0, 0.1) is 0 Å². The van der Waals surface area contributed by atoms with E-state index in [2.05, 4.69) is 40.0 Å². The van der Waals surface area contributed by atoms with Gasteiger partial charge in [0.15, 0.2) is 6.17 Å². The molecule has 6 heteroatoms. The fourth-order valence-corrected chi connectivity index (χ4v) is 3.31. The van der Waals surface area contributed by atoms with Gasteiger partial charge >= 0.3 is 6.03 Å². The van der Waals surface area contributed by atoms with Gasteiger partial charge in [0.1, 0.15) is 0 Å². The minimum atomic E-state index is -0.283. The van der Waals surface area contributed by atoms with Crippen LogP contribution in [0.4, 0.5) is 21.9 Å². The molecular formula is C22H23N5O. The number of benzene rings is 3. The number of amides is 2.